The topological polar surface area (TPSA) is 75.4 Å². The van der Waals surface area contributed by atoms with Crippen LogP contribution in [0.15, 0.2) is 30.3 Å². The molecule has 1 aromatic carbocycles. The highest BCUT2D eigenvalue weighted by molar-refractivity contribution is 5.85. The summed E-state index contributed by atoms with van der Waals surface area (Å²) in [5.74, 6) is 0.00419. The number of nitrogens with zero attached hydrogens (tertiary/aromatic N) is 1. The first kappa shape index (κ1) is 23.4. The number of carbonyl (C=O) groups is 2. The third-order valence-corrected chi connectivity index (χ3v) is 5.28. The monoisotopic (exact) mass is 395 g/mol. The van der Waals surface area contributed by atoms with Crippen LogP contribution in [0.2, 0.25) is 0 Å². The van der Waals surface area contributed by atoms with E-state index in [4.69, 9.17) is 5.73 Å². The zero-order chi connectivity index (χ0) is 19.3. The van der Waals surface area contributed by atoms with Gasteiger partial charge in [-0.25, -0.2) is 0 Å². The summed E-state index contributed by atoms with van der Waals surface area (Å²) in [6, 6.07) is 9.54. The van der Waals surface area contributed by atoms with E-state index >= 15 is 0 Å². The van der Waals surface area contributed by atoms with E-state index in [1.807, 2.05) is 56.0 Å². The molecule has 1 aromatic rings. The van der Waals surface area contributed by atoms with Gasteiger partial charge in [-0.15, -0.1) is 12.4 Å². The second-order valence-corrected chi connectivity index (χ2v) is 8.32. The number of piperidine rings is 1. The zero-order valence-corrected chi connectivity index (χ0v) is 17.7. The van der Waals surface area contributed by atoms with Crippen molar-refractivity contribution < 1.29 is 9.59 Å². The lowest BCUT2D eigenvalue weighted by Gasteiger charge is -2.35. The number of amides is 2. The van der Waals surface area contributed by atoms with E-state index in [1.165, 1.54) is 0 Å². The molecule has 0 aliphatic carbocycles. The van der Waals surface area contributed by atoms with Gasteiger partial charge in [0, 0.05) is 19.1 Å². The Bertz CT molecular complexity index is 608. The van der Waals surface area contributed by atoms with Gasteiger partial charge in [-0.3, -0.25) is 9.59 Å². The van der Waals surface area contributed by atoms with Gasteiger partial charge in [-0.05, 0) is 30.2 Å². The molecule has 1 unspecified atom stereocenters. The van der Waals surface area contributed by atoms with Gasteiger partial charge in [0.05, 0.1) is 12.0 Å². The molecule has 0 aromatic heterocycles. The molecule has 2 rings (SSSR count). The first-order valence-corrected chi connectivity index (χ1v) is 9.63. The molecule has 0 radical (unpaired) electrons. The maximum absolute atomic E-state index is 12.9. The van der Waals surface area contributed by atoms with Gasteiger partial charge in [0.1, 0.15) is 0 Å². The van der Waals surface area contributed by atoms with Crippen LogP contribution in [0.25, 0.3) is 0 Å². The number of benzene rings is 1. The van der Waals surface area contributed by atoms with E-state index in [1.54, 1.807) is 0 Å². The lowest BCUT2D eigenvalue weighted by molar-refractivity contribution is -0.134. The van der Waals surface area contributed by atoms with Gasteiger partial charge in [0.15, 0.2) is 0 Å². The van der Waals surface area contributed by atoms with Crippen LogP contribution >= 0.6 is 12.4 Å². The third-order valence-electron chi connectivity index (χ3n) is 5.28. The number of nitrogens with one attached hydrogen (secondary N) is 1. The van der Waals surface area contributed by atoms with Gasteiger partial charge in [0.2, 0.25) is 11.8 Å². The molecule has 1 heterocycles. The van der Waals surface area contributed by atoms with Crippen molar-refractivity contribution in [2.45, 2.75) is 65.0 Å². The summed E-state index contributed by atoms with van der Waals surface area (Å²) in [6.45, 7) is 9.30. The zero-order valence-electron chi connectivity index (χ0n) is 16.9. The van der Waals surface area contributed by atoms with Crippen LogP contribution in [0.1, 0.15) is 58.4 Å². The molecule has 6 heteroatoms. The molecule has 152 valence electrons. The Hall–Kier alpha value is -1.59. The standard InChI is InChI=1S/C21H33N3O2.ClH/c1-5-17(15-9-7-6-8-10-15)20(26)24-13-11-16(12-14-24)23-19(25)18(22)21(2,3)4;/h6-10,16-18H,5,11-14,22H2,1-4H3,(H,23,25);1H/t17?,18-;/m1./s1. The van der Waals surface area contributed by atoms with Gasteiger partial charge in [-0.1, -0.05) is 58.0 Å². The third kappa shape index (κ3) is 6.22. The fourth-order valence-corrected chi connectivity index (χ4v) is 3.39. The van der Waals surface area contributed by atoms with E-state index in [0.717, 1.165) is 24.8 Å². The van der Waals surface area contributed by atoms with Crippen molar-refractivity contribution >= 4 is 24.2 Å². The Morgan fingerprint density at radius 3 is 2.22 bits per heavy atom. The molecular formula is C21H34ClN3O2. The maximum atomic E-state index is 12.9. The predicted octanol–water partition coefficient (Wildman–Crippen LogP) is 3.08. The largest absolute Gasteiger partial charge is 0.352 e. The van der Waals surface area contributed by atoms with E-state index in [9.17, 15) is 9.59 Å². The summed E-state index contributed by atoms with van der Waals surface area (Å²) < 4.78 is 0. The van der Waals surface area contributed by atoms with Crippen molar-refractivity contribution in [2.24, 2.45) is 11.1 Å². The molecule has 1 aliphatic rings. The molecule has 27 heavy (non-hydrogen) atoms. The first-order chi connectivity index (χ1) is 12.2. The molecule has 0 bridgehead atoms. The predicted molar refractivity (Wildman–Crippen MR) is 112 cm³/mol. The molecule has 1 aliphatic heterocycles. The van der Waals surface area contributed by atoms with Crippen molar-refractivity contribution in [1.82, 2.24) is 10.2 Å². The van der Waals surface area contributed by atoms with Crippen LogP contribution in [0, 0.1) is 5.41 Å². The summed E-state index contributed by atoms with van der Waals surface area (Å²) in [7, 11) is 0. The minimum Gasteiger partial charge on any atom is -0.352 e. The highest BCUT2D eigenvalue weighted by Crippen LogP contribution is 2.24. The van der Waals surface area contributed by atoms with E-state index in [-0.39, 0.29) is 41.6 Å². The highest BCUT2D eigenvalue weighted by Gasteiger charge is 2.32. The van der Waals surface area contributed by atoms with Crippen molar-refractivity contribution in [3.63, 3.8) is 0 Å². The summed E-state index contributed by atoms with van der Waals surface area (Å²) in [5, 5.41) is 3.06. The minimum atomic E-state index is -0.523. The average Bonchev–Trinajstić information content (AvgIpc) is 2.62. The molecule has 0 saturated carbocycles. The van der Waals surface area contributed by atoms with Crippen molar-refractivity contribution in [3.8, 4) is 0 Å². The number of nitrogens with two attached hydrogens (primary N) is 1. The summed E-state index contributed by atoms with van der Waals surface area (Å²) in [6.07, 6.45) is 2.35. The lowest BCUT2D eigenvalue weighted by atomic mass is 9.86. The number of carbonyl (C=O) groups excluding carboxylic acids is 2. The second kappa shape index (κ2) is 10.1. The molecule has 5 nitrogen and oxygen atoms in total. The molecule has 2 amide bonds. The fraction of sp³-hybridized carbons (Fsp3) is 0.619. The number of likely N-dealkylation sites (tertiary alicyclic amines) is 1. The van der Waals surface area contributed by atoms with Crippen LogP contribution in [0.3, 0.4) is 0 Å². The Morgan fingerprint density at radius 2 is 1.74 bits per heavy atom. The molecule has 1 fully saturated rings. The summed E-state index contributed by atoms with van der Waals surface area (Å²) >= 11 is 0. The number of hydrogen-bond donors (Lipinski definition) is 2. The smallest absolute Gasteiger partial charge is 0.237 e. The minimum absolute atomic E-state index is 0. The molecule has 1 saturated heterocycles. The van der Waals surface area contributed by atoms with E-state index < -0.39 is 6.04 Å². The Balaban J connectivity index is 0.00000364. The quantitative estimate of drug-likeness (QED) is 0.804. The van der Waals surface area contributed by atoms with Gasteiger partial charge in [-0.2, -0.15) is 0 Å². The SMILES string of the molecule is CCC(C(=O)N1CCC(NC(=O)[C@@H](N)C(C)(C)C)CC1)c1ccccc1.Cl. The summed E-state index contributed by atoms with van der Waals surface area (Å²) in [5.41, 5.74) is 6.85. The van der Waals surface area contributed by atoms with Gasteiger partial charge in [0.25, 0.3) is 0 Å². The normalized spacial score (nSPS) is 17.6. The van der Waals surface area contributed by atoms with Crippen LogP contribution < -0.4 is 11.1 Å². The average molecular weight is 396 g/mol. The van der Waals surface area contributed by atoms with Crippen LogP contribution in [-0.2, 0) is 9.59 Å². The van der Waals surface area contributed by atoms with Crippen molar-refractivity contribution in [2.75, 3.05) is 13.1 Å². The van der Waals surface area contributed by atoms with E-state index in [0.29, 0.717) is 13.1 Å². The highest BCUT2D eigenvalue weighted by atomic mass is 35.5. The molecular weight excluding hydrogens is 362 g/mol. The van der Waals surface area contributed by atoms with Crippen LogP contribution in [0.4, 0.5) is 0 Å². The van der Waals surface area contributed by atoms with Gasteiger partial charge >= 0.3 is 0 Å². The Kier molecular flexibility index (Phi) is 8.76. The molecule has 0 spiro atoms. The van der Waals surface area contributed by atoms with Crippen LogP contribution in [-0.4, -0.2) is 41.9 Å². The lowest BCUT2D eigenvalue weighted by Crippen LogP contribution is -2.54. The van der Waals surface area contributed by atoms with Gasteiger partial charge < -0.3 is 16.0 Å². The number of halogens is 1. The van der Waals surface area contributed by atoms with Crippen molar-refractivity contribution in [3.05, 3.63) is 35.9 Å². The Labute approximate surface area is 169 Å². The van der Waals surface area contributed by atoms with Crippen molar-refractivity contribution in [1.29, 1.82) is 0 Å². The van der Waals surface area contributed by atoms with E-state index in [2.05, 4.69) is 12.2 Å². The summed E-state index contributed by atoms with van der Waals surface area (Å²) in [4.78, 5) is 27.2. The number of hydrogen-bond acceptors (Lipinski definition) is 3. The maximum Gasteiger partial charge on any atom is 0.237 e. The number of rotatable bonds is 5. The first-order valence-electron chi connectivity index (χ1n) is 9.63. The Morgan fingerprint density at radius 1 is 1.19 bits per heavy atom. The van der Waals surface area contributed by atoms with Crippen LogP contribution in [0.5, 0.6) is 0 Å². The molecule has 3 N–H and O–H groups in total. The second-order valence-electron chi connectivity index (χ2n) is 8.32. The fourth-order valence-electron chi connectivity index (χ4n) is 3.39. The molecule has 2 atom stereocenters.